The van der Waals surface area contributed by atoms with Crippen LogP contribution < -0.4 is 5.73 Å². The molecule has 0 aliphatic heterocycles. The van der Waals surface area contributed by atoms with Gasteiger partial charge in [-0.2, -0.15) is 0 Å². The molecule has 0 aromatic heterocycles. The minimum absolute atomic E-state index is 0.146. The second-order valence-corrected chi connectivity index (χ2v) is 5.30. The van der Waals surface area contributed by atoms with Crippen molar-refractivity contribution in [2.75, 3.05) is 0 Å². The lowest BCUT2D eigenvalue weighted by atomic mass is 9.71. The molecule has 110 valence electrons. The number of hydrogen-bond donors (Lipinski definition) is 2. The lowest BCUT2D eigenvalue weighted by molar-refractivity contribution is -0.144. The smallest absolute Gasteiger partial charge is 0.308 e. The van der Waals surface area contributed by atoms with Crippen molar-refractivity contribution >= 4 is 23.4 Å². The lowest BCUT2D eigenvalue weighted by Gasteiger charge is -2.27. The second kappa shape index (κ2) is 5.12. The van der Waals surface area contributed by atoms with Gasteiger partial charge in [0.15, 0.2) is 11.6 Å². The second-order valence-electron chi connectivity index (χ2n) is 5.30. The number of carboxylic acids is 1. The third-order valence-electron chi connectivity index (χ3n) is 4.03. The Balaban J connectivity index is 2.45. The van der Waals surface area contributed by atoms with Crippen molar-refractivity contribution in [2.24, 2.45) is 17.1 Å². The zero-order chi connectivity index (χ0) is 15.8. The average molecular weight is 289 g/mol. The van der Waals surface area contributed by atoms with Crippen molar-refractivity contribution in [3.63, 3.8) is 0 Å². The number of primary amides is 1. The summed E-state index contributed by atoms with van der Waals surface area (Å²) in [6, 6.07) is 6.26. The van der Waals surface area contributed by atoms with Crippen molar-refractivity contribution in [3.05, 3.63) is 35.4 Å². The van der Waals surface area contributed by atoms with Crippen LogP contribution in [0.4, 0.5) is 0 Å². The van der Waals surface area contributed by atoms with Crippen molar-refractivity contribution in [1.82, 2.24) is 0 Å². The summed E-state index contributed by atoms with van der Waals surface area (Å²) in [7, 11) is 0. The molecule has 1 atom stereocenters. The van der Waals surface area contributed by atoms with Gasteiger partial charge >= 0.3 is 5.97 Å². The number of rotatable bonds is 5. The van der Waals surface area contributed by atoms with E-state index in [0.717, 1.165) is 0 Å². The Morgan fingerprint density at radius 1 is 1.19 bits per heavy atom. The molecule has 0 fully saturated rings. The summed E-state index contributed by atoms with van der Waals surface area (Å²) in [6.07, 6.45) is -0.337. The van der Waals surface area contributed by atoms with Crippen molar-refractivity contribution in [3.8, 4) is 0 Å². The molecule has 2 rings (SSSR count). The Labute approximate surface area is 120 Å². The molecule has 0 radical (unpaired) electrons. The molecule has 0 heterocycles. The number of Topliss-reactive ketones (excluding diaryl/α,β-unsaturated/α-hetero) is 2. The highest BCUT2D eigenvalue weighted by Gasteiger charge is 2.56. The molecule has 6 nitrogen and oxygen atoms in total. The first-order valence-corrected chi connectivity index (χ1v) is 6.50. The van der Waals surface area contributed by atoms with Crippen LogP contribution in [0.3, 0.4) is 0 Å². The first kappa shape index (κ1) is 14.9. The van der Waals surface area contributed by atoms with Crippen molar-refractivity contribution < 1.29 is 24.3 Å². The minimum atomic E-state index is -1.69. The summed E-state index contributed by atoms with van der Waals surface area (Å²) >= 11 is 0. The molecule has 1 amide bonds. The van der Waals surface area contributed by atoms with E-state index in [-0.39, 0.29) is 24.0 Å². The van der Waals surface area contributed by atoms with Gasteiger partial charge < -0.3 is 10.8 Å². The molecule has 1 aromatic carbocycles. The van der Waals surface area contributed by atoms with Gasteiger partial charge in [-0.05, 0) is 13.3 Å². The molecule has 0 bridgehead atoms. The highest BCUT2D eigenvalue weighted by molar-refractivity contribution is 6.30. The molecule has 1 unspecified atom stereocenters. The Kier molecular flexibility index (Phi) is 3.63. The topological polar surface area (TPSA) is 115 Å². The van der Waals surface area contributed by atoms with Crippen LogP contribution in [-0.2, 0) is 9.59 Å². The van der Waals surface area contributed by atoms with Gasteiger partial charge in [-0.3, -0.25) is 19.2 Å². The van der Waals surface area contributed by atoms with Gasteiger partial charge in [-0.15, -0.1) is 0 Å². The standard InChI is InChI=1S/C15H15NO5/c1-15(10(14(20)21)6-7-11(16)17)12(18)8-4-2-3-5-9(8)13(15)19/h2-5,10H,6-7H2,1H3,(H2,16,17)(H,20,21). The number of benzene rings is 1. The Bertz CT molecular complexity index is 614. The first-order chi connectivity index (χ1) is 9.80. The molecule has 6 heteroatoms. The molecule has 21 heavy (non-hydrogen) atoms. The number of carbonyl (C=O) groups is 4. The van der Waals surface area contributed by atoms with Crippen molar-refractivity contribution in [2.45, 2.75) is 19.8 Å². The molecular formula is C15H15NO5. The van der Waals surface area contributed by atoms with Gasteiger partial charge in [0.2, 0.25) is 5.91 Å². The fourth-order valence-electron chi connectivity index (χ4n) is 2.80. The van der Waals surface area contributed by atoms with Gasteiger partial charge in [-0.25, -0.2) is 0 Å². The SMILES string of the molecule is CC1(C(CCC(N)=O)C(=O)O)C(=O)c2ccccc2C1=O. The van der Waals surface area contributed by atoms with E-state index in [0.29, 0.717) is 0 Å². The Morgan fingerprint density at radius 2 is 1.67 bits per heavy atom. The van der Waals surface area contributed by atoms with Crippen LogP contribution in [-0.4, -0.2) is 28.5 Å². The molecule has 1 aromatic rings. The molecule has 1 aliphatic carbocycles. The van der Waals surface area contributed by atoms with Crippen LogP contribution in [0, 0.1) is 11.3 Å². The predicted molar refractivity (Wildman–Crippen MR) is 72.8 cm³/mol. The quantitative estimate of drug-likeness (QED) is 0.786. The van der Waals surface area contributed by atoms with E-state index in [4.69, 9.17) is 5.73 Å². The van der Waals surface area contributed by atoms with Crippen molar-refractivity contribution in [1.29, 1.82) is 0 Å². The van der Waals surface area contributed by atoms with E-state index in [2.05, 4.69) is 0 Å². The number of carbonyl (C=O) groups excluding carboxylic acids is 3. The van der Waals surface area contributed by atoms with E-state index < -0.39 is 34.8 Å². The number of aliphatic carboxylic acids is 1. The number of ketones is 2. The lowest BCUT2D eigenvalue weighted by Crippen LogP contribution is -2.42. The van der Waals surface area contributed by atoms with Crippen LogP contribution in [0.25, 0.3) is 0 Å². The van der Waals surface area contributed by atoms with Crippen LogP contribution in [0.15, 0.2) is 24.3 Å². The number of carboxylic acid groups (broad SMARTS) is 1. The minimum Gasteiger partial charge on any atom is -0.481 e. The molecule has 3 N–H and O–H groups in total. The summed E-state index contributed by atoms with van der Waals surface area (Å²) in [5.74, 6) is -4.26. The summed E-state index contributed by atoms with van der Waals surface area (Å²) in [5, 5.41) is 9.37. The maximum atomic E-state index is 12.5. The van der Waals surface area contributed by atoms with Crippen LogP contribution in [0.1, 0.15) is 40.5 Å². The number of hydrogen-bond acceptors (Lipinski definition) is 4. The normalized spacial score (nSPS) is 17.4. The fourth-order valence-corrected chi connectivity index (χ4v) is 2.80. The number of nitrogens with two attached hydrogens (primary N) is 1. The molecule has 0 spiro atoms. The summed E-state index contributed by atoms with van der Waals surface area (Å²) < 4.78 is 0. The average Bonchev–Trinajstić information content (AvgIpc) is 2.62. The van der Waals surface area contributed by atoms with Crippen LogP contribution in [0.5, 0.6) is 0 Å². The zero-order valence-electron chi connectivity index (χ0n) is 11.5. The third kappa shape index (κ3) is 2.22. The van der Waals surface area contributed by atoms with E-state index >= 15 is 0 Å². The highest BCUT2D eigenvalue weighted by atomic mass is 16.4. The number of fused-ring (bicyclic) bond motifs is 1. The predicted octanol–water partition coefficient (Wildman–Crippen LogP) is 1.04. The highest BCUT2D eigenvalue weighted by Crippen LogP contribution is 2.44. The fraction of sp³-hybridized carbons (Fsp3) is 0.333. The van der Waals surface area contributed by atoms with Gasteiger partial charge in [-0.1, -0.05) is 24.3 Å². The van der Waals surface area contributed by atoms with Crippen LogP contribution >= 0.6 is 0 Å². The largest absolute Gasteiger partial charge is 0.481 e. The molecule has 1 aliphatic rings. The van der Waals surface area contributed by atoms with Gasteiger partial charge in [0, 0.05) is 17.5 Å². The van der Waals surface area contributed by atoms with E-state index in [9.17, 15) is 24.3 Å². The monoisotopic (exact) mass is 289 g/mol. The van der Waals surface area contributed by atoms with E-state index in [1.54, 1.807) is 12.1 Å². The zero-order valence-corrected chi connectivity index (χ0v) is 11.5. The Hall–Kier alpha value is -2.50. The summed E-state index contributed by atoms with van der Waals surface area (Å²) in [5.41, 5.74) is 3.81. The maximum absolute atomic E-state index is 12.5. The number of amides is 1. The van der Waals surface area contributed by atoms with E-state index in [1.165, 1.54) is 19.1 Å². The molecule has 0 saturated carbocycles. The third-order valence-corrected chi connectivity index (χ3v) is 4.03. The maximum Gasteiger partial charge on any atom is 0.308 e. The Morgan fingerprint density at radius 3 is 2.05 bits per heavy atom. The van der Waals surface area contributed by atoms with Gasteiger partial charge in [0.05, 0.1) is 5.92 Å². The van der Waals surface area contributed by atoms with Gasteiger partial charge in [0.25, 0.3) is 0 Å². The molecule has 0 saturated heterocycles. The van der Waals surface area contributed by atoms with Gasteiger partial charge in [0.1, 0.15) is 5.41 Å². The first-order valence-electron chi connectivity index (χ1n) is 6.50. The van der Waals surface area contributed by atoms with Crippen LogP contribution in [0.2, 0.25) is 0 Å². The van der Waals surface area contributed by atoms with E-state index in [1.807, 2.05) is 0 Å². The summed E-state index contributed by atoms with van der Waals surface area (Å²) in [6.45, 7) is 1.33. The molecular weight excluding hydrogens is 274 g/mol. The summed E-state index contributed by atoms with van der Waals surface area (Å²) in [4.78, 5) is 47.4.